The standard InChI is InChI=1S/C31H39N3O4S/c1-23-12-16-26(17-13-23)21-34(28(30(36)32-31(3,4)5)20-25-10-8-7-9-11-25)29(35)22-33(6)39(37,38)27-18-14-24(2)15-19-27/h7-19,28H,20-22H2,1-6H3,(H,32,36). The molecule has 0 bridgehead atoms. The van der Waals surface area contributed by atoms with Crippen LogP contribution in [-0.2, 0) is 32.6 Å². The second kappa shape index (κ2) is 12.6. The Morgan fingerprint density at radius 3 is 1.90 bits per heavy atom. The van der Waals surface area contributed by atoms with Crippen LogP contribution < -0.4 is 5.32 Å². The number of rotatable bonds is 10. The Kier molecular flexibility index (Phi) is 9.69. The maximum absolute atomic E-state index is 13.9. The van der Waals surface area contributed by atoms with Crippen molar-refractivity contribution in [2.75, 3.05) is 13.6 Å². The third-order valence-electron chi connectivity index (χ3n) is 6.33. The number of benzene rings is 3. The molecule has 0 aliphatic carbocycles. The number of carbonyl (C=O) groups excluding carboxylic acids is 2. The highest BCUT2D eigenvalue weighted by Gasteiger charge is 2.34. The summed E-state index contributed by atoms with van der Waals surface area (Å²) in [6.07, 6.45) is 0.286. The molecule has 0 fully saturated rings. The molecule has 8 heteroatoms. The highest BCUT2D eigenvalue weighted by Crippen LogP contribution is 2.19. The minimum absolute atomic E-state index is 0.111. The van der Waals surface area contributed by atoms with Gasteiger partial charge in [0.1, 0.15) is 6.04 Å². The zero-order chi connectivity index (χ0) is 28.8. The number of nitrogens with one attached hydrogen (secondary N) is 1. The normalized spacial score (nSPS) is 12.7. The van der Waals surface area contributed by atoms with Gasteiger partial charge in [-0.3, -0.25) is 9.59 Å². The van der Waals surface area contributed by atoms with Crippen LogP contribution in [0.1, 0.15) is 43.0 Å². The lowest BCUT2D eigenvalue weighted by Crippen LogP contribution is -2.56. The van der Waals surface area contributed by atoms with Crippen LogP contribution in [-0.4, -0.2) is 54.6 Å². The van der Waals surface area contributed by atoms with E-state index in [-0.39, 0.29) is 23.8 Å². The first-order valence-electron chi connectivity index (χ1n) is 13.0. The predicted molar refractivity (Wildman–Crippen MR) is 155 cm³/mol. The van der Waals surface area contributed by atoms with Crippen LogP contribution in [0, 0.1) is 13.8 Å². The van der Waals surface area contributed by atoms with Gasteiger partial charge >= 0.3 is 0 Å². The summed E-state index contributed by atoms with van der Waals surface area (Å²) in [5.41, 5.74) is 3.24. The van der Waals surface area contributed by atoms with E-state index in [1.165, 1.54) is 24.1 Å². The van der Waals surface area contributed by atoms with Crippen molar-refractivity contribution in [1.29, 1.82) is 0 Å². The van der Waals surface area contributed by atoms with Gasteiger partial charge in [0.2, 0.25) is 21.8 Å². The molecule has 0 radical (unpaired) electrons. The fourth-order valence-corrected chi connectivity index (χ4v) is 5.27. The third kappa shape index (κ3) is 8.50. The Morgan fingerprint density at radius 2 is 1.36 bits per heavy atom. The lowest BCUT2D eigenvalue weighted by molar-refractivity contribution is -0.141. The molecule has 0 saturated heterocycles. The first-order chi connectivity index (χ1) is 18.3. The van der Waals surface area contributed by atoms with Crippen LogP contribution in [0.5, 0.6) is 0 Å². The van der Waals surface area contributed by atoms with E-state index in [0.29, 0.717) is 0 Å². The van der Waals surface area contributed by atoms with Crippen LogP contribution in [0.4, 0.5) is 0 Å². The number of amides is 2. The minimum Gasteiger partial charge on any atom is -0.350 e. The van der Waals surface area contributed by atoms with Crippen molar-refractivity contribution in [3.8, 4) is 0 Å². The van der Waals surface area contributed by atoms with Gasteiger partial charge in [0.05, 0.1) is 11.4 Å². The largest absolute Gasteiger partial charge is 0.350 e. The second-order valence-electron chi connectivity index (χ2n) is 11.0. The minimum atomic E-state index is -3.91. The summed E-state index contributed by atoms with van der Waals surface area (Å²) < 4.78 is 27.6. The van der Waals surface area contributed by atoms with Gasteiger partial charge in [0, 0.05) is 25.6 Å². The zero-order valence-electron chi connectivity index (χ0n) is 23.6. The van der Waals surface area contributed by atoms with Gasteiger partial charge in [-0.1, -0.05) is 77.9 Å². The lowest BCUT2D eigenvalue weighted by Gasteiger charge is -2.34. The number of hydrogen-bond acceptors (Lipinski definition) is 4. The molecule has 39 heavy (non-hydrogen) atoms. The van der Waals surface area contributed by atoms with Gasteiger partial charge in [-0.25, -0.2) is 8.42 Å². The van der Waals surface area contributed by atoms with Crippen molar-refractivity contribution in [2.45, 2.75) is 64.1 Å². The molecule has 0 saturated carbocycles. The second-order valence-corrected chi connectivity index (χ2v) is 13.1. The van der Waals surface area contributed by atoms with E-state index >= 15 is 0 Å². The molecule has 0 heterocycles. The molecule has 1 unspecified atom stereocenters. The summed E-state index contributed by atoms with van der Waals surface area (Å²) in [5, 5.41) is 3.02. The number of aryl methyl sites for hydroxylation is 2. The fraction of sp³-hybridized carbons (Fsp3) is 0.355. The smallest absolute Gasteiger partial charge is 0.243 e. The maximum Gasteiger partial charge on any atom is 0.243 e. The summed E-state index contributed by atoms with van der Waals surface area (Å²) >= 11 is 0. The molecule has 208 valence electrons. The fourth-order valence-electron chi connectivity index (χ4n) is 4.15. The Labute approximate surface area is 232 Å². The zero-order valence-corrected chi connectivity index (χ0v) is 24.5. The van der Waals surface area contributed by atoms with Gasteiger partial charge in [-0.2, -0.15) is 4.31 Å². The first-order valence-corrected chi connectivity index (χ1v) is 14.4. The molecule has 3 aromatic rings. The van der Waals surface area contributed by atoms with Crippen molar-refractivity contribution in [3.63, 3.8) is 0 Å². The van der Waals surface area contributed by atoms with Crippen molar-refractivity contribution < 1.29 is 18.0 Å². The Balaban J connectivity index is 1.98. The molecule has 3 aromatic carbocycles. The highest BCUT2D eigenvalue weighted by molar-refractivity contribution is 7.89. The van der Waals surface area contributed by atoms with Crippen LogP contribution in [0.15, 0.2) is 83.8 Å². The molecular formula is C31H39N3O4S. The van der Waals surface area contributed by atoms with E-state index in [1.807, 2.05) is 89.2 Å². The van der Waals surface area contributed by atoms with E-state index in [2.05, 4.69) is 5.32 Å². The van der Waals surface area contributed by atoms with Gasteiger partial charge in [-0.15, -0.1) is 0 Å². The first kappa shape index (κ1) is 30.1. The predicted octanol–water partition coefficient (Wildman–Crippen LogP) is 4.48. The quantitative estimate of drug-likeness (QED) is 0.404. The average Bonchev–Trinajstić information content (AvgIpc) is 2.87. The molecule has 0 aliphatic heterocycles. The highest BCUT2D eigenvalue weighted by atomic mass is 32.2. The monoisotopic (exact) mass is 549 g/mol. The number of sulfonamides is 1. The molecule has 3 rings (SSSR count). The molecule has 1 N–H and O–H groups in total. The number of hydrogen-bond donors (Lipinski definition) is 1. The van der Waals surface area contributed by atoms with Gasteiger partial charge < -0.3 is 10.2 Å². The Bertz CT molecular complexity index is 1360. The number of likely N-dealkylation sites (N-methyl/N-ethyl adjacent to an activating group) is 1. The Morgan fingerprint density at radius 1 is 0.821 bits per heavy atom. The molecule has 7 nitrogen and oxygen atoms in total. The van der Waals surface area contributed by atoms with Crippen LogP contribution in [0.3, 0.4) is 0 Å². The summed E-state index contributed by atoms with van der Waals surface area (Å²) in [6.45, 7) is 9.27. The van der Waals surface area contributed by atoms with Crippen molar-refractivity contribution in [3.05, 3.63) is 101 Å². The average molecular weight is 550 g/mol. The summed E-state index contributed by atoms with van der Waals surface area (Å²) in [4.78, 5) is 29.2. The molecule has 2 amide bonds. The van der Waals surface area contributed by atoms with E-state index in [4.69, 9.17) is 0 Å². The lowest BCUT2D eigenvalue weighted by atomic mass is 10.0. The number of nitrogens with zero attached hydrogens (tertiary/aromatic N) is 2. The molecule has 0 aliphatic rings. The van der Waals surface area contributed by atoms with Crippen molar-refractivity contribution in [1.82, 2.24) is 14.5 Å². The van der Waals surface area contributed by atoms with E-state index in [0.717, 1.165) is 26.6 Å². The van der Waals surface area contributed by atoms with Gasteiger partial charge in [0.25, 0.3) is 0 Å². The molecule has 0 spiro atoms. The summed E-state index contributed by atoms with van der Waals surface area (Å²) in [7, 11) is -2.52. The van der Waals surface area contributed by atoms with Crippen LogP contribution in [0.25, 0.3) is 0 Å². The molecule has 0 aromatic heterocycles. The van der Waals surface area contributed by atoms with Gasteiger partial charge in [0.15, 0.2) is 0 Å². The van der Waals surface area contributed by atoms with Crippen molar-refractivity contribution in [2.24, 2.45) is 0 Å². The van der Waals surface area contributed by atoms with E-state index < -0.39 is 34.1 Å². The third-order valence-corrected chi connectivity index (χ3v) is 8.15. The molecule has 1 atom stereocenters. The summed E-state index contributed by atoms with van der Waals surface area (Å²) in [5.74, 6) is -0.755. The topological polar surface area (TPSA) is 86.8 Å². The SMILES string of the molecule is Cc1ccc(CN(C(=O)CN(C)S(=O)(=O)c2ccc(C)cc2)C(Cc2ccccc2)C(=O)NC(C)(C)C)cc1. The maximum atomic E-state index is 13.9. The molecular weight excluding hydrogens is 510 g/mol. The van der Waals surface area contributed by atoms with Crippen LogP contribution in [0.2, 0.25) is 0 Å². The van der Waals surface area contributed by atoms with E-state index in [9.17, 15) is 18.0 Å². The van der Waals surface area contributed by atoms with Crippen molar-refractivity contribution >= 4 is 21.8 Å². The Hall–Kier alpha value is -3.49. The van der Waals surface area contributed by atoms with Crippen LogP contribution >= 0.6 is 0 Å². The summed E-state index contributed by atoms with van der Waals surface area (Å²) in [6, 6.07) is 22.9. The van der Waals surface area contributed by atoms with E-state index in [1.54, 1.807) is 12.1 Å². The number of carbonyl (C=O) groups is 2. The van der Waals surface area contributed by atoms with Gasteiger partial charge in [-0.05, 0) is 57.9 Å².